The molecule has 1 aliphatic heterocycles. The molecule has 2 nitrogen and oxygen atoms in total. The number of nitrogens with two attached hydrogens (primary N) is 1. The minimum absolute atomic E-state index is 0.470. The molecule has 0 amide bonds. The SMILES string of the molecule is NC1CCCC[C@@]2(CN2)C1. The van der Waals surface area contributed by atoms with Crippen LogP contribution in [0.2, 0.25) is 0 Å². The van der Waals surface area contributed by atoms with E-state index in [1.807, 2.05) is 0 Å². The minimum atomic E-state index is 0.470. The normalized spacial score (nSPS) is 47.1. The van der Waals surface area contributed by atoms with Gasteiger partial charge in [-0.3, -0.25) is 0 Å². The third-order valence-electron chi connectivity index (χ3n) is 2.81. The Morgan fingerprint density at radius 3 is 2.90 bits per heavy atom. The van der Waals surface area contributed by atoms with Gasteiger partial charge in [-0.25, -0.2) is 0 Å². The van der Waals surface area contributed by atoms with Crippen LogP contribution in [0.5, 0.6) is 0 Å². The highest BCUT2D eigenvalue weighted by Crippen LogP contribution is 2.33. The topological polar surface area (TPSA) is 48.0 Å². The first-order chi connectivity index (χ1) is 4.81. The highest BCUT2D eigenvalue weighted by atomic mass is 15.2. The van der Waals surface area contributed by atoms with Gasteiger partial charge in [0.2, 0.25) is 0 Å². The molecule has 1 saturated heterocycles. The molecule has 2 rings (SSSR count). The fourth-order valence-corrected chi connectivity index (χ4v) is 2.02. The van der Waals surface area contributed by atoms with E-state index in [4.69, 9.17) is 5.73 Å². The number of hydrogen-bond donors (Lipinski definition) is 2. The van der Waals surface area contributed by atoms with Crippen molar-refractivity contribution in [2.75, 3.05) is 6.54 Å². The lowest BCUT2D eigenvalue weighted by atomic mass is 9.99. The summed E-state index contributed by atoms with van der Waals surface area (Å²) in [7, 11) is 0. The van der Waals surface area contributed by atoms with Crippen LogP contribution < -0.4 is 11.1 Å². The average molecular weight is 140 g/mol. The summed E-state index contributed by atoms with van der Waals surface area (Å²) in [4.78, 5) is 0. The van der Waals surface area contributed by atoms with E-state index in [0.717, 1.165) is 0 Å². The zero-order valence-corrected chi connectivity index (χ0v) is 6.40. The van der Waals surface area contributed by atoms with Gasteiger partial charge in [0.25, 0.3) is 0 Å². The van der Waals surface area contributed by atoms with Gasteiger partial charge in [-0.2, -0.15) is 0 Å². The lowest BCUT2D eigenvalue weighted by Crippen LogP contribution is -2.27. The lowest BCUT2D eigenvalue weighted by Gasteiger charge is -2.12. The van der Waals surface area contributed by atoms with Crippen molar-refractivity contribution in [1.29, 1.82) is 0 Å². The van der Waals surface area contributed by atoms with Gasteiger partial charge in [-0.05, 0) is 19.3 Å². The molecule has 0 aromatic heterocycles. The first-order valence-electron chi connectivity index (χ1n) is 4.31. The molecule has 2 atom stereocenters. The van der Waals surface area contributed by atoms with Gasteiger partial charge in [0.05, 0.1) is 0 Å². The van der Waals surface area contributed by atoms with E-state index < -0.39 is 0 Å². The summed E-state index contributed by atoms with van der Waals surface area (Å²) in [6.07, 6.45) is 6.53. The molecular weight excluding hydrogens is 124 g/mol. The van der Waals surface area contributed by atoms with Crippen LogP contribution in [-0.4, -0.2) is 18.1 Å². The van der Waals surface area contributed by atoms with Crippen LogP contribution in [0.3, 0.4) is 0 Å². The quantitative estimate of drug-likeness (QED) is 0.484. The Labute approximate surface area is 62.2 Å². The van der Waals surface area contributed by atoms with Gasteiger partial charge >= 0.3 is 0 Å². The van der Waals surface area contributed by atoms with Crippen molar-refractivity contribution in [3.8, 4) is 0 Å². The van der Waals surface area contributed by atoms with Gasteiger partial charge in [0.1, 0.15) is 0 Å². The smallest absolute Gasteiger partial charge is 0.0321 e. The molecule has 2 aliphatic rings. The van der Waals surface area contributed by atoms with Crippen molar-refractivity contribution in [3.05, 3.63) is 0 Å². The second-order valence-electron chi connectivity index (χ2n) is 3.84. The first-order valence-corrected chi connectivity index (χ1v) is 4.31. The predicted octanol–water partition coefficient (Wildman–Crippen LogP) is 0.620. The summed E-state index contributed by atoms with van der Waals surface area (Å²) >= 11 is 0. The van der Waals surface area contributed by atoms with Crippen LogP contribution in [0.1, 0.15) is 32.1 Å². The summed E-state index contributed by atoms with van der Waals surface area (Å²) in [5.41, 5.74) is 6.42. The maximum Gasteiger partial charge on any atom is 0.0321 e. The molecule has 1 heterocycles. The van der Waals surface area contributed by atoms with E-state index in [0.29, 0.717) is 11.6 Å². The largest absolute Gasteiger partial charge is 0.328 e. The molecule has 0 bridgehead atoms. The van der Waals surface area contributed by atoms with Gasteiger partial charge in [0.15, 0.2) is 0 Å². The Bertz CT molecular complexity index is 129. The minimum Gasteiger partial charge on any atom is -0.328 e. The van der Waals surface area contributed by atoms with Crippen molar-refractivity contribution in [1.82, 2.24) is 5.32 Å². The summed E-state index contributed by atoms with van der Waals surface area (Å²) in [5, 5.41) is 3.44. The van der Waals surface area contributed by atoms with Crippen molar-refractivity contribution in [2.45, 2.75) is 43.7 Å². The third kappa shape index (κ3) is 1.18. The van der Waals surface area contributed by atoms with Crippen LogP contribution in [0.25, 0.3) is 0 Å². The molecule has 58 valence electrons. The van der Waals surface area contributed by atoms with E-state index >= 15 is 0 Å². The number of rotatable bonds is 0. The Balaban J connectivity index is 1.96. The molecule has 0 aromatic rings. The Morgan fingerprint density at radius 2 is 2.20 bits per heavy atom. The van der Waals surface area contributed by atoms with Crippen molar-refractivity contribution >= 4 is 0 Å². The summed E-state index contributed by atoms with van der Waals surface area (Å²) in [6, 6.07) is 0.470. The fourth-order valence-electron chi connectivity index (χ4n) is 2.02. The zero-order valence-electron chi connectivity index (χ0n) is 6.40. The number of hydrogen-bond acceptors (Lipinski definition) is 2. The lowest BCUT2D eigenvalue weighted by molar-refractivity contribution is 0.499. The Morgan fingerprint density at radius 1 is 1.40 bits per heavy atom. The average Bonchev–Trinajstić information content (AvgIpc) is 2.64. The van der Waals surface area contributed by atoms with Crippen LogP contribution in [0, 0.1) is 0 Å². The molecule has 2 fully saturated rings. The third-order valence-corrected chi connectivity index (χ3v) is 2.81. The molecule has 1 saturated carbocycles. The van der Waals surface area contributed by atoms with Crippen molar-refractivity contribution < 1.29 is 0 Å². The first kappa shape index (κ1) is 6.62. The van der Waals surface area contributed by atoms with E-state index in [1.165, 1.54) is 38.6 Å². The van der Waals surface area contributed by atoms with Crippen LogP contribution >= 0.6 is 0 Å². The standard InChI is InChI=1S/C8H16N2/c9-7-3-1-2-4-8(5-7)6-10-8/h7,10H,1-6,9H2/t7?,8-/m0/s1. The summed E-state index contributed by atoms with van der Waals surface area (Å²) in [6.45, 7) is 1.22. The van der Waals surface area contributed by atoms with Crippen molar-refractivity contribution in [2.24, 2.45) is 5.73 Å². The molecule has 2 heteroatoms. The van der Waals surface area contributed by atoms with Gasteiger partial charge in [-0.15, -0.1) is 0 Å². The zero-order chi connectivity index (χ0) is 7.03. The van der Waals surface area contributed by atoms with Gasteiger partial charge < -0.3 is 11.1 Å². The van der Waals surface area contributed by atoms with E-state index in [-0.39, 0.29) is 0 Å². The van der Waals surface area contributed by atoms with E-state index in [1.54, 1.807) is 0 Å². The van der Waals surface area contributed by atoms with E-state index in [9.17, 15) is 0 Å². The molecule has 10 heavy (non-hydrogen) atoms. The molecular formula is C8H16N2. The maximum atomic E-state index is 5.91. The molecule has 1 unspecified atom stereocenters. The number of nitrogens with one attached hydrogen (secondary N) is 1. The van der Waals surface area contributed by atoms with Crippen LogP contribution in [-0.2, 0) is 0 Å². The Kier molecular flexibility index (Phi) is 1.46. The maximum absolute atomic E-state index is 5.91. The highest BCUT2D eigenvalue weighted by molar-refractivity contribution is 5.06. The highest BCUT2D eigenvalue weighted by Gasteiger charge is 2.43. The van der Waals surface area contributed by atoms with Gasteiger partial charge in [-0.1, -0.05) is 12.8 Å². The summed E-state index contributed by atoms with van der Waals surface area (Å²) in [5.74, 6) is 0. The van der Waals surface area contributed by atoms with E-state index in [2.05, 4.69) is 5.32 Å². The van der Waals surface area contributed by atoms with Crippen LogP contribution in [0.4, 0.5) is 0 Å². The predicted molar refractivity (Wildman–Crippen MR) is 41.8 cm³/mol. The van der Waals surface area contributed by atoms with Crippen molar-refractivity contribution in [3.63, 3.8) is 0 Å². The Hall–Kier alpha value is -0.0800. The molecule has 0 radical (unpaired) electrons. The molecule has 3 N–H and O–H groups in total. The molecule has 1 aliphatic carbocycles. The second kappa shape index (κ2) is 2.21. The molecule has 0 aromatic carbocycles. The van der Waals surface area contributed by atoms with Crippen LogP contribution in [0.15, 0.2) is 0 Å². The second-order valence-corrected chi connectivity index (χ2v) is 3.84. The summed E-state index contributed by atoms with van der Waals surface area (Å²) < 4.78 is 0. The fraction of sp³-hybridized carbons (Fsp3) is 1.00. The van der Waals surface area contributed by atoms with Gasteiger partial charge in [0, 0.05) is 18.1 Å². The molecule has 1 spiro atoms. The monoisotopic (exact) mass is 140 g/mol.